The number of nitrogens with two attached hydrogens (primary N) is 1. The van der Waals surface area contributed by atoms with Crippen molar-refractivity contribution in [2.24, 2.45) is 5.73 Å². The van der Waals surface area contributed by atoms with Crippen molar-refractivity contribution in [3.05, 3.63) is 107 Å². The number of pyridine rings is 2. The average Bonchev–Trinajstić information content (AvgIpc) is 3.50. The van der Waals surface area contributed by atoms with Crippen LogP contribution in [0.5, 0.6) is 11.5 Å². The van der Waals surface area contributed by atoms with Gasteiger partial charge in [0, 0.05) is 50.5 Å². The van der Waals surface area contributed by atoms with Crippen molar-refractivity contribution in [1.29, 1.82) is 0 Å². The van der Waals surface area contributed by atoms with Gasteiger partial charge in [0.1, 0.15) is 11.5 Å². The van der Waals surface area contributed by atoms with Gasteiger partial charge in [0.15, 0.2) is 11.6 Å². The Morgan fingerprint density at radius 1 is 0.913 bits per heavy atom. The molecule has 0 aliphatic heterocycles. The second kappa shape index (κ2) is 14.7. The molecule has 0 saturated heterocycles. The minimum atomic E-state index is -0.605. The van der Waals surface area contributed by atoms with Gasteiger partial charge in [-0.15, -0.1) is 11.3 Å². The number of Topliss-reactive ketones (excluding diaryl/α,β-unsaturated/α-hetero) is 1. The molecule has 0 spiro atoms. The van der Waals surface area contributed by atoms with Crippen LogP contribution in [0.15, 0.2) is 79.1 Å². The van der Waals surface area contributed by atoms with Crippen molar-refractivity contribution in [3.63, 3.8) is 0 Å². The number of hydrogen-bond acceptors (Lipinski definition) is 9. The van der Waals surface area contributed by atoms with E-state index in [1.807, 2.05) is 18.2 Å². The Hall–Kier alpha value is -5.20. The molecule has 5 aromatic rings. The number of rotatable bonds is 13. The van der Waals surface area contributed by atoms with Gasteiger partial charge in [-0.25, -0.2) is 9.18 Å². The van der Waals surface area contributed by atoms with E-state index in [0.717, 1.165) is 15.1 Å². The van der Waals surface area contributed by atoms with Gasteiger partial charge in [0.25, 0.3) is 0 Å². The van der Waals surface area contributed by atoms with E-state index >= 15 is 4.39 Å². The van der Waals surface area contributed by atoms with Gasteiger partial charge in [-0.1, -0.05) is 24.3 Å². The second-order valence-corrected chi connectivity index (χ2v) is 11.4. The van der Waals surface area contributed by atoms with Crippen molar-refractivity contribution in [3.8, 4) is 22.1 Å². The van der Waals surface area contributed by atoms with Crippen LogP contribution in [0.2, 0.25) is 0 Å². The van der Waals surface area contributed by atoms with Crippen molar-refractivity contribution >= 4 is 39.3 Å². The van der Waals surface area contributed by atoms with Crippen LogP contribution in [0.3, 0.4) is 0 Å². The van der Waals surface area contributed by atoms with Crippen LogP contribution in [0.4, 0.5) is 9.18 Å². The predicted octanol–water partition coefficient (Wildman–Crippen LogP) is 5.96. The molecule has 2 N–H and O–H groups in total. The number of thiophene rings is 1. The first-order valence-corrected chi connectivity index (χ1v) is 15.1. The number of aromatic nitrogens is 2. The monoisotopic (exact) mass is 642 g/mol. The van der Waals surface area contributed by atoms with E-state index in [0.29, 0.717) is 53.3 Å². The molecule has 2 aromatic carbocycles. The fourth-order valence-corrected chi connectivity index (χ4v) is 5.82. The van der Waals surface area contributed by atoms with Crippen LogP contribution in [-0.2, 0) is 33.7 Å². The maximum absolute atomic E-state index is 15.1. The zero-order chi connectivity index (χ0) is 32.6. The van der Waals surface area contributed by atoms with Crippen LogP contribution >= 0.6 is 11.3 Å². The third kappa shape index (κ3) is 7.89. The number of carbonyl (C=O) groups is 3. The van der Waals surface area contributed by atoms with Crippen molar-refractivity contribution in [1.82, 2.24) is 14.9 Å². The van der Waals surface area contributed by atoms with E-state index in [4.69, 9.17) is 19.9 Å². The van der Waals surface area contributed by atoms with Gasteiger partial charge in [0.2, 0.25) is 5.91 Å². The number of ketones is 1. The molecule has 0 aliphatic rings. The Bertz CT molecular complexity index is 1880. The van der Waals surface area contributed by atoms with Crippen LogP contribution in [0.1, 0.15) is 27.0 Å². The fourth-order valence-electron chi connectivity index (χ4n) is 4.78. The summed E-state index contributed by atoms with van der Waals surface area (Å²) in [4.78, 5) is 47.6. The minimum Gasteiger partial charge on any atom is -0.453 e. The Morgan fingerprint density at radius 3 is 2.39 bits per heavy atom. The number of methoxy groups -OCH3 is 2. The highest BCUT2D eigenvalue weighted by atomic mass is 32.1. The van der Waals surface area contributed by atoms with Crippen molar-refractivity contribution in [2.45, 2.75) is 19.4 Å². The smallest absolute Gasteiger partial charge is 0.409 e. The summed E-state index contributed by atoms with van der Waals surface area (Å²) >= 11 is 1.41. The van der Waals surface area contributed by atoms with Crippen LogP contribution in [0, 0.1) is 5.82 Å². The first-order valence-electron chi connectivity index (χ1n) is 14.3. The van der Waals surface area contributed by atoms with E-state index in [-0.39, 0.29) is 24.4 Å². The third-order valence-electron chi connectivity index (χ3n) is 7.05. The number of hydrogen-bond donors (Lipinski definition) is 1. The summed E-state index contributed by atoms with van der Waals surface area (Å²) < 4.78 is 31.8. The molecular weight excluding hydrogens is 611 g/mol. The molecule has 0 radical (unpaired) electrons. The highest BCUT2D eigenvalue weighted by Gasteiger charge is 2.17. The molecular formula is C34H31FN4O6S. The highest BCUT2D eigenvalue weighted by molar-refractivity contribution is 7.22. The third-order valence-corrected chi connectivity index (χ3v) is 8.22. The fraction of sp³-hybridized carbons (Fsp3) is 0.206. The minimum absolute atomic E-state index is 0.0129. The lowest BCUT2D eigenvalue weighted by Crippen LogP contribution is -2.33. The Kier molecular flexibility index (Phi) is 10.3. The SMILES string of the molecule is COCCN(Cc1ccc(-c2cc3nccc(Oc4ccc(CC(=O)Cc5cccc(C(N)=O)c5)cc4F)c3s2)nc1)C(=O)OC. The molecule has 236 valence electrons. The molecule has 0 unspecified atom stereocenters. The zero-order valence-corrected chi connectivity index (χ0v) is 26.0. The Morgan fingerprint density at radius 2 is 1.70 bits per heavy atom. The second-order valence-electron chi connectivity index (χ2n) is 10.4. The average molecular weight is 643 g/mol. The number of fused-ring (bicyclic) bond motifs is 1. The molecule has 2 amide bonds. The number of ether oxygens (including phenoxy) is 3. The molecule has 0 atom stereocenters. The lowest BCUT2D eigenvalue weighted by molar-refractivity contribution is -0.117. The van der Waals surface area contributed by atoms with Gasteiger partial charge in [-0.2, -0.15) is 0 Å². The number of benzene rings is 2. The molecule has 12 heteroatoms. The number of primary amides is 1. The summed E-state index contributed by atoms with van der Waals surface area (Å²) in [6.45, 7) is 1.08. The summed E-state index contributed by atoms with van der Waals surface area (Å²) in [5, 5.41) is 0. The maximum atomic E-state index is 15.1. The summed E-state index contributed by atoms with van der Waals surface area (Å²) in [6.07, 6.45) is 2.95. The normalized spacial score (nSPS) is 10.9. The molecule has 0 saturated carbocycles. The lowest BCUT2D eigenvalue weighted by Gasteiger charge is -2.20. The lowest BCUT2D eigenvalue weighted by atomic mass is 10.0. The van der Waals surface area contributed by atoms with E-state index < -0.39 is 17.8 Å². The van der Waals surface area contributed by atoms with E-state index in [1.165, 1.54) is 35.5 Å². The van der Waals surface area contributed by atoms with Crippen molar-refractivity contribution in [2.75, 3.05) is 27.4 Å². The molecule has 3 aromatic heterocycles. The predicted molar refractivity (Wildman–Crippen MR) is 171 cm³/mol. The van der Waals surface area contributed by atoms with Gasteiger partial charge in [-0.3, -0.25) is 19.6 Å². The first-order chi connectivity index (χ1) is 22.2. The van der Waals surface area contributed by atoms with Crippen molar-refractivity contribution < 1.29 is 33.0 Å². The first kappa shape index (κ1) is 32.2. The number of carbonyl (C=O) groups excluding carboxylic acids is 3. The van der Waals surface area contributed by atoms with E-state index in [2.05, 4.69) is 9.97 Å². The number of amides is 2. The highest BCUT2D eigenvalue weighted by Crippen LogP contribution is 2.39. The molecule has 46 heavy (non-hydrogen) atoms. The topological polar surface area (TPSA) is 134 Å². The summed E-state index contributed by atoms with van der Waals surface area (Å²) in [5.41, 5.74) is 9.02. The summed E-state index contributed by atoms with van der Waals surface area (Å²) in [6, 6.07) is 18.3. The van der Waals surface area contributed by atoms with Gasteiger partial charge >= 0.3 is 6.09 Å². The van der Waals surface area contributed by atoms with Crippen LogP contribution < -0.4 is 10.5 Å². The number of nitrogens with zero attached hydrogens (tertiary/aromatic N) is 3. The molecule has 3 heterocycles. The molecule has 0 aliphatic carbocycles. The molecule has 0 bridgehead atoms. The molecule has 0 fully saturated rings. The van der Waals surface area contributed by atoms with Crippen LogP contribution in [-0.4, -0.2) is 60.0 Å². The Labute approximate surface area is 268 Å². The van der Waals surface area contributed by atoms with E-state index in [9.17, 15) is 14.4 Å². The standard InChI is InChI=1S/C34H31FN4O6S/c1-43-13-12-39(34(42)44-2)20-23-6-8-27(38-19-23)31-18-28-32(46-31)30(10-11-37-28)45-29-9-7-22(17-26(29)35)16-25(40)15-21-4-3-5-24(14-21)33(36)41/h3-11,14,17-19H,12-13,15-16,20H2,1-2H3,(H2,36,41). The van der Waals surface area contributed by atoms with Gasteiger partial charge in [0.05, 0.1) is 41.0 Å². The zero-order valence-electron chi connectivity index (χ0n) is 25.2. The van der Waals surface area contributed by atoms with Crippen LogP contribution in [0.25, 0.3) is 20.8 Å². The summed E-state index contributed by atoms with van der Waals surface area (Å²) in [7, 11) is 2.90. The Balaban J connectivity index is 1.27. The molecule has 5 rings (SSSR count). The maximum Gasteiger partial charge on any atom is 0.409 e. The number of halogens is 1. The quantitative estimate of drug-likeness (QED) is 0.166. The van der Waals surface area contributed by atoms with E-state index in [1.54, 1.807) is 55.9 Å². The summed E-state index contributed by atoms with van der Waals surface area (Å²) in [5.74, 6) is -0.861. The van der Waals surface area contributed by atoms with Gasteiger partial charge in [-0.05, 0) is 53.1 Å². The van der Waals surface area contributed by atoms with Gasteiger partial charge < -0.3 is 24.8 Å². The molecule has 10 nitrogen and oxygen atoms in total. The largest absolute Gasteiger partial charge is 0.453 e.